The van der Waals surface area contributed by atoms with Gasteiger partial charge in [-0.25, -0.2) is 0 Å². The highest BCUT2D eigenvalue weighted by molar-refractivity contribution is 6.13. The number of rotatable bonds is 4. The van der Waals surface area contributed by atoms with Gasteiger partial charge in [0.2, 0.25) is 0 Å². The van der Waals surface area contributed by atoms with E-state index in [1.807, 2.05) is 0 Å². The average molecular weight is 509 g/mol. The normalized spacial score (nSPS) is 20.0. The number of nitrogens with one attached hydrogen (secondary N) is 4. The van der Waals surface area contributed by atoms with Crippen LogP contribution in [-0.4, -0.2) is 20.7 Å². The monoisotopic (exact) mass is 508 g/mol. The van der Waals surface area contributed by atoms with Crippen LogP contribution in [-0.2, 0) is 12.8 Å². The zero-order valence-electron chi connectivity index (χ0n) is 23.8. The van der Waals surface area contributed by atoms with Gasteiger partial charge in [0.1, 0.15) is 0 Å². The van der Waals surface area contributed by atoms with Crippen molar-refractivity contribution in [2.75, 3.05) is 0 Å². The van der Waals surface area contributed by atoms with E-state index >= 15 is 0 Å². The van der Waals surface area contributed by atoms with Crippen LogP contribution in [0, 0.1) is 32.6 Å². The molecule has 6 rings (SSSR count). The lowest BCUT2D eigenvalue weighted by molar-refractivity contribution is 0.100. The molecule has 0 unspecified atom stereocenters. The molecule has 4 N–H and O–H groups in total. The van der Waals surface area contributed by atoms with Gasteiger partial charge in [0, 0.05) is 68.6 Å². The second kappa shape index (κ2) is 9.07. The molecule has 198 valence electrons. The smallest absolute Gasteiger partial charge is 0.169 e. The van der Waals surface area contributed by atoms with E-state index in [-0.39, 0.29) is 5.78 Å². The molecule has 5 heterocycles. The molecule has 1 aliphatic carbocycles. The van der Waals surface area contributed by atoms with Gasteiger partial charge in [0.05, 0.1) is 5.69 Å². The zero-order valence-corrected chi connectivity index (χ0v) is 23.8. The summed E-state index contributed by atoms with van der Waals surface area (Å²) in [4.78, 5) is 24.6. The number of carbonyl (C=O) groups excluding carboxylic acids is 1. The first-order valence-electron chi connectivity index (χ1n) is 14.4. The topological polar surface area (TPSA) is 76.5 Å². The molecule has 2 atom stereocenters. The van der Waals surface area contributed by atoms with E-state index in [1.165, 1.54) is 45.0 Å². The molecule has 0 radical (unpaired) electrons. The molecule has 3 aliphatic rings. The van der Waals surface area contributed by atoms with Crippen LogP contribution in [0.1, 0.15) is 108 Å². The van der Waals surface area contributed by atoms with Crippen molar-refractivity contribution in [2.45, 2.75) is 80.6 Å². The first-order valence-corrected chi connectivity index (χ1v) is 14.4. The molecule has 3 aromatic rings. The molecule has 0 aromatic carbocycles. The summed E-state index contributed by atoms with van der Waals surface area (Å²) >= 11 is 0. The van der Waals surface area contributed by atoms with E-state index in [2.05, 4.69) is 87.0 Å². The fraction of sp³-hybridized carbons (Fsp3) is 0.424. The Morgan fingerprint density at radius 2 is 1.53 bits per heavy atom. The minimum Gasteiger partial charge on any atom is -0.361 e. The van der Waals surface area contributed by atoms with Gasteiger partial charge in [-0.15, -0.1) is 0 Å². The van der Waals surface area contributed by atoms with Crippen LogP contribution < -0.4 is 16.0 Å². The Bertz CT molecular complexity index is 1670. The van der Waals surface area contributed by atoms with Crippen LogP contribution in [0.5, 0.6) is 0 Å². The third kappa shape index (κ3) is 3.54. The second-order valence-corrected chi connectivity index (χ2v) is 11.4. The summed E-state index contributed by atoms with van der Waals surface area (Å²) in [7, 11) is 0. The number of aromatic amines is 3. The molecule has 0 spiro atoms. The molecule has 2 aliphatic heterocycles. The Morgan fingerprint density at radius 3 is 2.24 bits per heavy atom. The van der Waals surface area contributed by atoms with Crippen molar-refractivity contribution >= 4 is 29.6 Å². The Balaban J connectivity index is 1.72. The lowest BCUT2D eigenvalue weighted by Gasteiger charge is -2.16. The number of carbonyl (C=O) groups is 1. The molecule has 0 saturated carbocycles. The summed E-state index contributed by atoms with van der Waals surface area (Å²) < 4.78 is 0. The number of hydrogen-bond donors (Lipinski definition) is 4. The van der Waals surface area contributed by atoms with Crippen LogP contribution in [0.15, 0.2) is 11.4 Å². The fourth-order valence-electron chi connectivity index (χ4n) is 7.15. The van der Waals surface area contributed by atoms with Crippen molar-refractivity contribution in [1.82, 2.24) is 20.3 Å². The van der Waals surface area contributed by atoms with E-state index in [1.54, 1.807) is 0 Å². The van der Waals surface area contributed by atoms with Crippen LogP contribution in [0.25, 0.3) is 23.8 Å². The van der Waals surface area contributed by atoms with Crippen molar-refractivity contribution in [3.8, 4) is 0 Å². The second-order valence-electron chi connectivity index (χ2n) is 11.4. The molecular formula is C33H40N4O. The van der Waals surface area contributed by atoms with Crippen molar-refractivity contribution in [3.63, 3.8) is 0 Å². The molecule has 38 heavy (non-hydrogen) atoms. The Hall–Kier alpha value is -3.47. The van der Waals surface area contributed by atoms with Crippen LogP contribution >= 0.6 is 0 Å². The maximum atomic E-state index is 13.4. The first kappa shape index (κ1) is 24.8. The summed E-state index contributed by atoms with van der Waals surface area (Å²) in [6.07, 6.45) is 11.4. The van der Waals surface area contributed by atoms with Crippen molar-refractivity contribution in [2.24, 2.45) is 11.8 Å². The van der Waals surface area contributed by atoms with Crippen LogP contribution in [0.4, 0.5) is 0 Å². The SMILES string of the molecule is CCC[C@@H]1C2=C3CC(=O)c4c3[nH]c(c4C)C=c3[nH]c(c(C)c3CC)=Cc3[nH]c(c(C)c3CC)C=C(N2)[C@H]1C. The Morgan fingerprint density at radius 1 is 0.816 bits per heavy atom. The quantitative estimate of drug-likeness (QED) is 0.366. The standard InChI is InChI=1S/C33H40N4O/c1-8-11-22-18(6)26-13-24-16(4)20(9-2)28(34-24)14-25-17(5)21(10-3)29(35-25)15-27-19(7)31-30(38)12-23(32(22)36-26)33(31)37-27/h13-15,18,22,34-37H,8-12H2,1-7H3/t18-,22-/m0/s1. The highest BCUT2D eigenvalue weighted by Crippen LogP contribution is 2.45. The number of H-pyrrole nitrogens is 3. The summed E-state index contributed by atoms with van der Waals surface area (Å²) in [5, 5.41) is 6.10. The van der Waals surface area contributed by atoms with Gasteiger partial charge in [-0.2, -0.15) is 0 Å². The molecule has 3 aromatic heterocycles. The Labute approximate surface area is 225 Å². The molecule has 5 heteroatoms. The maximum Gasteiger partial charge on any atom is 0.169 e. The maximum absolute atomic E-state index is 13.4. The van der Waals surface area contributed by atoms with E-state index in [0.717, 1.165) is 64.5 Å². The summed E-state index contributed by atoms with van der Waals surface area (Å²) in [6, 6.07) is 0. The molecule has 0 amide bonds. The van der Waals surface area contributed by atoms with Gasteiger partial charge in [-0.3, -0.25) is 4.79 Å². The zero-order chi connectivity index (χ0) is 26.9. The van der Waals surface area contributed by atoms with Gasteiger partial charge in [0.25, 0.3) is 0 Å². The lowest BCUT2D eigenvalue weighted by atomic mass is 9.87. The third-order valence-corrected chi connectivity index (χ3v) is 9.36. The van der Waals surface area contributed by atoms with Gasteiger partial charge >= 0.3 is 0 Å². The highest BCUT2D eigenvalue weighted by Gasteiger charge is 2.39. The van der Waals surface area contributed by atoms with E-state index in [0.29, 0.717) is 18.3 Å². The van der Waals surface area contributed by atoms with Gasteiger partial charge < -0.3 is 20.3 Å². The average Bonchev–Trinajstić information content (AvgIpc) is 3.63. The number of ketones is 1. The summed E-state index contributed by atoms with van der Waals surface area (Å²) in [6.45, 7) is 15.6. The number of allylic oxidation sites excluding steroid dienone is 3. The van der Waals surface area contributed by atoms with Gasteiger partial charge in [-0.1, -0.05) is 34.1 Å². The van der Waals surface area contributed by atoms with E-state index in [4.69, 9.17) is 0 Å². The number of fused-ring (bicyclic) bond motifs is 7. The number of hydrogen-bond acceptors (Lipinski definition) is 2. The first-order chi connectivity index (χ1) is 18.3. The number of aromatic nitrogens is 3. The van der Waals surface area contributed by atoms with Crippen molar-refractivity contribution in [3.05, 3.63) is 78.2 Å². The molecule has 5 nitrogen and oxygen atoms in total. The molecular weight excluding hydrogens is 468 g/mol. The number of Topliss-reactive ketones (excluding diaryl/α,β-unsaturated/α-hetero) is 1. The van der Waals surface area contributed by atoms with E-state index < -0.39 is 0 Å². The van der Waals surface area contributed by atoms with Crippen molar-refractivity contribution < 1.29 is 4.79 Å². The fourth-order valence-corrected chi connectivity index (χ4v) is 7.15. The molecule has 1 fully saturated rings. The predicted octanol–water partition coefficient (Wildman–Crippen LogP) is 5.69. The third-order valence-electron chi connectivity index (χ3n) is 9.36. The molecule has 1 saturated heterocycles. The highest BCUT2D eigenvalue weighted by atomic mass is 16.1. The summed E-state index contributed by atoms with van der Waals surface area (Å²) in [5.74, 6) is 0.956. The predicted molar refractivity (Wildman–Crippen MR) is 156 cm³/mol. The Kier molecular flexibility index (Phi) is 5.93. The van der Waals surface area contributed by atoms with Gasteiger partial charge in [-0.05, 0) is 86.1 Å². The minimum absolute atomic E-state index is 0.226. The lowest BCUT2D eigenvalue weighted by Crippen LogP contribution is -2.13. The summed E-state index contributed by atoms with van der Waals surface area (Å²) in [5.41, 5.74) is 15.2. The minimum atomic E-state index is 0.226. The molecule has 8 bridgehead atoms. The van der Waals surface area contributed by atoms with Crippen LogP contribution in [0.3, 0.4) is 0 Å². The van der Waals surface area contributed by atoms with Crippen LogP contribution in [0.2, 0.25) is 0 Å². The van der Waals surface area contributed by atoms with Gasteiger partial charge in [0.15, 0.2) is 5.78 Å². The van der Waals surface area contributed by atoms with Crippen molar-refractivity contribution in [1.29, 1.82) is 0 Å². The largest absolute Gasteiger partial charge is 0.361 e. The van der Waals surface area contributed by atoms with E-state index in [9.17, 15) is 4.79 Å².